The lowest BCUT2D eigenvalue weighted by molar-refractivity contribution is 1.06. The van der Waals surface area contributed by atoms with Gasteiger partial charge in [0.2, 0.25) is 0 Å². The third-order valence-electron chi connectivity index (χ3n) is 12.5. The predicted molar refractivity (Wildman–Crippen MR) is 267 cm³/mol. The number of rotatable bonds is 6. The summed E-state index contributed by atoms with van der Waals surface area (Å²) in [5, 5.41) is 11.8. The van der Waals surface area contributed by atoms with Gasteiger partial charge >= 0.3 is 0 Å². The fraction of sp³-hybridized carbons (Fsp3) is 0.0172. The molecule has 63 heavy (non-hydrogen) atoms. The van der Waals surface area contributed by atoms with Crippen molar-refractivity contribution >= 4 is 94.3 Å². The minimum atomic E-state index is 0.439. The second-order valence-electron chi connectivity index (χ2n) is 16.0. The smallest absolute Gasteiger partial charge is 0.161 e. The fourth-order valence-electron chi connectivity index (χ4n) is 9.78. The van der Waals surface area contributed by atoms with E-state index in [-0.39, 0.29) is 0 Å². The van der Waals surface area contributed by atoms with E-state index in [1.165, 1.54) is 48.7 Å². The minimum absolute atomic E-state index is 0.439. The molecular formula is C58H39N5. The molecular weight excluding hydrogens is 767 g/mol. The normalized spacial score (nSPS) is 12.4. The van der Waals surface area contributed by atoms with Crippen molar-refractivity contribution in [3.63, 3.8) is 0 Å². The highest BCUT2D eigenvalue weighted by molar-refractivity contribution is 6.32. The topological polar surface area (TPSA) is 46.9 Å². The predicted octanol–water partition coefficient (Wildman–Crippen LogP) is 14.4. The van der Waals surface area contributed by atoms with Crippen molar-refractivity contribution < 1.29 is 0 Å². The van der Waals surface area contributed by atoms with Crippen LogP contribution >= 0.6 is 0 Å². The fourth-order valence-corrected chi connectivity index (χ4v) is 9.78. The van der Waals surface area contributed by atoms with Crippen molar-refractivity contribution in [1.82, 2.24) is 9.13 Å². The summed E-state index contributed by atoms with van der Waals surface area (Å²) in [6.07, 6.45) is 0. The molecule has 0 radical (unpaired) electrons. The molecule has 0 spiro atoms. The Kier molecular flexibility index (Phi) is 8.64. The van der Waals surface area contributed by atoms with E-state index in [2.05, 4.69) is 197 Å². The van der Waals surface area contributed by atoms with E-state index in [4.69, 9.17) is 9.98 Å². The zero-order valence-electron chi connectivity index (χ0n) is 34.4. The Morgan fingerprint density at radius 3 is 1.46 bits per heavy atom. The molecule has 0 amide bonds. The van der Waals surface area contributed by atoms with Crippen LogP contribution in [0.2, 0.25) is 0 Å². The number of amidine groups is 2. The van der Waals surface area contributed by atoms with Crippen molar-refractivity contribution in [2.45, 2.75) is 6.54 Å². The van der Waals surface area contributed by atoms with Gasteiger partial charge in [0.25, 0.3) is 0 Å². The van der Waals surface area contributed by atoms with Gasteiger partial charge in [0.05, 0.1) is 28.6 Å². The number of nitrogens with zero attached hydrogens (tertiary/aromatic N) is 5. The monoisotopic (exact) mass is 805 g/mol. The van der Waals surface area contributed by atoms with E-state index in [9.17, 15) is 0 Å². The van der Waals surface area contributed by atoms with Gasteiger partial charge in [-0.15, -0.1) is 0 Å². The van der Waals surface area contributed by atoms with Crippen molar-refractivity contribution in [2.24, 2.45) is 15.0 Å². The van der Waals surface area contributed by atoms with Crippen LogP contribution in [0.1, 0.15) is 16.7 Å². The molecule has 0 aliphatic heterocycles. The molecule has 296 valence electrons. The zero-order valence-corrected chi connectivity index (χ0v) is 34.4. The maximum absolute atomic E-state index is 5.40. The maximum atomic E-state index is 5.40. The number of fused-ring (bicyclic) bond motifs is 13. The summed E-state index contributed by atoms with van der Waals surface area (Å²) in [4.78, 5) is 15.3. The lowest BCUT2D eigenvalue weighted by Gasteiger charge is -2.18. The van der Waals surface area contributed by atoms with Gasteiger partial charge in [0.15, 0.2) is 11.7 Å². The molecule has 5 heteroatoms. The largest absolute Gasteiger partial charge is 0.309 e. The molecule has 2 aromatic heterocycles. The van der Waals surface area contributed by atoms with E-state index in [1.54, 1.807) is 0 Å². The molecule has 0 atom stereocenters. The van der Waals surface area contributed by atoms with Gasteiger partial charge in [-0.05, 0) is 87.7 Å². The molecule has 0 aliphatic carbocycles. The summed E-state index contributed by atoms with van der Waals surface area (Å²) in [5.74, 6) is 1.10. The summed E-state index contributed by atoms with van der Waals surface area (Å²) in [7, 11) is 0. The van der Waals surface area contributed by atoms with Gasteiger partial charge in [-0.1, -0.05) is 164 Å². The number of aliphatic imine (C=N–C) groups is 3. The first kappa shape index (κ1) is 36.4. The van der Waals surface area contributed by atoms with E-state index >= 15 is 0 Å². The third kappa shape index (κ3) is 5.89. The number of hydrogen-bond donors (Lipinski definition) is 0. The first-order valence-corrected chi connectivity index (χ1v) is 21.3. The van der Waals surface area contributed by atoms with Crippen molar-refractivity contribution in [1.29, 1.82) is 0 Å². The van der Waals surface area contributed by atoms with Crippen LogP contribution in [0.15, 0.2) is 227 Å². The lowest BCUT2D eigenvalue weighted by atomic mass is 9.90. The average molecular weight is 806 g/mol. The molecule has 0 bridgehead atoms. The maximum Gasteiger partial charge on any atom is 0.161 e. The summed E-state index contributed by atoms with van der Waals surface area (Å²) in [6.45, 7) is 4.45. The van der Waals surface area contributed by atoms with E-state index in [0.717, 1.165) is 55.3 Å². The molecule has 0 saturated carbocycles. The van der Waals surface area contributed by atoms with Crippen LogP contribution in [-0.4, -0.2) is 27.5 Å². The first-order chi connectivity index (χ1) is 31.2. The molecule has 5 nitrogen and oxygen atoms in total. The SMILES string of the molecule is C=NC(=NC(=NCc1ccccc1)c1cc(-n2c3ccccc3c3c4c5ccccc5n(-c5ccccc5)c4ccc32)cc2c3ccccc3c3ccccc3c12)c1ccccc1. The number of benzene rings is 10. The van der Waals surface area contributed by atoms with Crippen LogP contribution in [0.3, 0.4) is 0 Å². The average Bonchev–Trinajstić information content (AvgIpc) is 3.88. The molecule has 12 aromatic rings. The highest BCUT2D eigenvalue weighted by Crippen LogP contribution is 2.44. The summed E-state index contributed by atoms with van der Waals surface area (Å²) in [5.41, 5.74) is 9.63. The van der Waals surface area contributed by atoms with Crippen LogP contribution in [0.5, 0.6) is 0 Å². The molecule has 0 unspecified atom stereocenters. The number of hydrogen-bond acceptors (Lipinski definition) is 1. The molecule has 12 rings (SSSR count). The molecule has 10 aromatic carbocycles. The summed E-state index contributed by atoms with van der Waals surface area (Å²) in [6, 6.07) is 75.4. The standard InChI is InChI=1S/C58H39N5/c1-59-57(39-21-7-3-8-22-39)61-58(60-37-38-19-5-2-6-20-38)49-36-41(35-48-44-27-12-11-25-42(44)43-26-13-14-28-45(43)54(48)49)63-51-32-18-16-30-47(51)56-53(63)34-33-52-55(56)46-29-15-17-31-50(46)62(52)40-23-9-4-10-24-40/h2-36H,1,37H2. The van der Waals surface area contributed by atoms with E-state index in [1.807, 2.05) is 36.4 Å². The third-order valence-corrected chi connectivity index (χ3v) is 12.5. The number of aromatic nitrogens is 2. The van der Waals surface area contributed by atoms with Crippen molar-refractivity contribution in [3.05, 3.63) is 229 Å². The van der Waals surface area contributed by atoms with Gasteiger partial charge < -0.3 is 9.13 Å². The minimum Gasteiger partial charge on any atom is -0.309 e. The highest BCUT2D eigenvalue weighted by atomic mass is 15.0. The van der Waals surface area contributed by atoms with Crippen LogP contribution < -0.4 is 0 Å². The Morgan fingerprint density at radius 1 is 0.381 bits per heavy atom. The number of para-hydroxylation sites is 3. The molecule has 0 aliphatic rings. The van der Waals surface area contributed by atoms with Gasteiger partial charge in [-0.3, -0.25) is 4.99 Å². The Labute approximate surface area is 363 Å². The molecule has 0 fully saturated rings. The van der Waals surface area contributed by atoms with Crippen molar-refractivity contribution in [3.8, 4) is 11.4 Å². The quantitative estimate of drug-likeness (QED) is 0.0913. The zero-order chi connectivity index (χ0) is 41.9. The van der Waals surface area contributed by atoms with Gasteiger partial charge in [-0.25, -0.2) is 9.98 Å². The van der Waals surface area contributed by atoms with E-state index in [0.29, 0.717) is 18.2 Å². The first-order valence-electron chi connectivity index (χ1n) is 21.3. The highest BCUT2D eigenvalue weighted by Gasteiger charge is 2.23. The lowest BCUT2D eigenvalue weighted by Crippen LogP contribution is -2.08. The Hall–Kier alpha value is -8.41. The Bertz CT molecular complexity index is 3820. The molecule has 2 heterocycles. The van der Waals surface area contributed by atoms with E-state index < -0.39 is 0 Å². The summed E-state index contributed by atoms with van der Waals surface area (Å²) < 4.78 is 4.83. The van der Waals surface area contributed by atoms with Gasteiger partial charge in [0, 0.05) is 49.4 Å². The molecule has 0 N–H and O–H groups in total. The second-order valence-corrected chi connectivity index (χ2v) is 16.0. The second kappa shape index (κ2) is 14.9. The van der Waals surface area contributed by atoms with Crippen molar-refractivity contribution in [2.75, 3.05) is 0 Å². The summed E-state index contributed by atoms with van der Waals surface area (Å²) >= 11 is 0. The Morgan fingerprint density at radius 2 is 0.857 bits per heavy atom. The van der Waals surface area contributed by atoms with Gasteiger partial charge in [-0.2, -0.15) is 0 Å². The van der Waals surface area contributed by atoms with Crippen LogP contribution in [0.4, 0.5) is 0 Å². The van der Waals surface area contributed by atoms with Crippen LogP contribution in [0.25, 0.3) is 87.3 Å². The molecule has 0 saturated heterocycles. The van der Waals surface area contributed by atoms with Crippen LogP contribution in [0, 0.1) is 0 Å². The Balaban J connectivity index is 1.23. The van der Waals surface area contributed by atoms with Crippen LogP contribution in [-0.2, 0) is 6.54 Å². The van der Waals surface area contributed by atoms with Gasteiger partial charge in [0.1, 0.15) is 0 Å².